The van der Waals surface area contributed by atoms with E-state index in [2.05, 4.69) is 18.3 Å². The average molecular weight is 455 g/mol. The number of ketones is 1. The molecule has 1 saturated carbocycles. The summed E-state index contributed by atoms with van der Waals surface area (Å²) in [5, 5.41) is 11.3. The number of para-hydroxylation sites is 1. The number of esters is 1. The third kappa shape index (κ3) is 7.44. The highest BCUT2D eigenvalue weighted by Crippen LogP contribution is 2.30. The van der Waals surface area contributed by atoms with E-state index in [1.54, 1.807) is 6.92 Å². The number of hydrogen-bond acceptors (Lipinski definition) is 6. The first-order valence-corrected chi connectivity index (χ1v) is 12.4. The Labute approximate surface area is 197 Å². The Kier molecular flexibility index (Phi) is 9.52. The van der Waals surface area contributed by atoms with E-state index in [1.165, 1.54) is 5.56 Å². The van der Waals surface area contributed by atoms with Crippen LogP contribution in [0.3, 0.4) is 0 Å². The number of aryl methyl sites for hydroxylation is 1. The van der Waals surface area contributed by atoms with Crippen molar-refractivity contribution >= 4 is 17.5 Å². The third-order valence-corrected chi connectivity index (χ3v) is 6.75. The largest absolute Gasteiger partial charge is 0.490 e. The van der Waals surface area contributed by atoms with Crippen LogP contribution in [0, 0.1) is 18.3 Å². The van der Waals surface area contributed by atoms with E-state index in [-0.39, 0.29) is 30.8 Å². The standard InChI is InChI=1S/C27H38N2O4/c1-3-32-27(31)26(28)23-11-7-12-24(23)29-18-21(30)16-14-20-9-6-10-22(17-15-20)33-25-13-5-4-8-19(25)2/h4-5,8,13,20,22,28-29H,3,6-7,9-12,14-18H2,1-2H3. The Bertz CT molecular complexity index is 877. The summed E-state index contributed by atoms with van der Waals surface area (Å²) >= 11 is 0. The van der Waals surface area contributed by atoms with E-state index in [9.17, 15) is 9.59 Å². The molecule has 0 aliphatic heterocycles. The van der Waals surface area contributed by atoms with Crippen LogP contribution in [-0.4, -0.2) is 36.7 Å². The third-order valence-electron chi connectivity index (χ3n) is 6.75. The maximum absolute atomic E-state index is 12.5. The molecule has 0 bridgehead atoms. The van der Waals surface area contributed by atoms with E-state index in [4.69, 9.17) is 14.9 Å². The Morgan fingerprint density at radius 2 is 1.91 bits per heavy atom. The summed E-state index contributed by atoms with van der Waals surface area (Å²) in [5.74, 6) is 1.16. The number of rotatable bonds is 11. The average Bonchev–Trinajstić information content (AvgIpc) is 3.16. The van der Waals surface area contributed by atoms with Gasteiger partial charge < -0.3 is 14.8 Å². The summed E-state index contributed by atoms with van der Waals surface area (Å²) in [5.41, 5.74) is 2.65. The SMILES string of the molecule is CCOC(=O)C(=N)C1=C(NCC(=O)CCC2CCCC(Oc3ccccc3C)CC2)CCC1. The monoisotopic (exact) mass is 454 g/mol. The molecule has 2 atom stereocenters. The zero-order chi connectivity index (χ0) is 23.6. The summed E-state index contributed by atoms with van der Waals surface area (Å²) in [6.07, 6.45) is 9.60. The molecule has 2 N–H and O–H groups in total. The molecule has 0 heterocycles. The van der Waals surface area contributed by atoms with Gasteiger partial charge in [0.25, 0.3) is 0 Å². The molecule has 3 rings (SSSR count). The molecule has 0 amide bonds. The molecular weight excluding hydrogens is 416 g/mol. The van der Waals surface area contributed by atoms with Gasteiger partial charge in [0.05, 0.1) is 19.3 Å². The van der Waals surface area contributed by atoms with Gasteiger partial charge in [-0.2, -0.15) is 0 Å². The van der Waals surface area contributed by atoms with Crippen LogP contribution in [0.15, 0.2) is 35.5 Å². The second kappa shape index (κ2) is 12.6. The number of nitrogens with one attached hydrogen (secondary N) is 2. The van der Waals surface area contributed by atoms with E-state index >= 15 is 0 Å². The molecule has 0 spiro atoms. The maximum Gasteiger partial charge on any atom is 0.356 e. The van der Waals surface area contributed by atoms with Crippen molar-refractivity contribution in [2.24, 2.45) is 5.92 Å². The fourth-order valence-electron chi connectivity index (χ4n) is 4.82. The van der Waals surface area contributed by atoms with Crippen molar-refractivity contribution in [3.05, 3.63) is 41.1 Å². The van der Waals surface area contributed by atoms with Gasteiger partial charge in [-0.05, 0) is 82.8 Å². The highest BCUT2D eigenvalue weighted by atomic mass is 16.5. The van der Waals surface area contributed by atoms with Crippen molar-refractivity contribution in [2.75, 3.05) is 13.2 Å². The Balaban J connectivity index is 1.41. The highest BCUT2D eigenvalue weighted by molar-refractivity contribution is 6.42. The van der Waals surface area contributed by atoms with Gasteiger partial charge in [-0.3, -0.25) is 10.2 Å². The molecule has 2 aliphatic rings. The lowest BCUT2D eigenvalue weighted by Gasteiger charge is -2.19. The Morgan fingerprint density at radius 3 is 2.70 bits per heavy atom. The van der Waals surface area contributed by atoms with Crippen molar-refractivity contribution in [3.63, 3.8) is 0 Å². The minimum Gasteiger partial charge on any atom is -0.490 e. The normalized spacial score (nSPS) is 20.8. The molecule has 2 aliphatic carbocycles. The molecule has 0 aromatic heterocycles. The molecule has 33 heavy (non-hydrogen) atoms. The minimum atomic E-state index is -0.585. The van der Waals surface area contributed by atoms with Gasteiger partial charge >= 0.3 is 5.97 Å². The van der Waals surface area contributed by atoms with Crippen LogP contribution in [0.1, 0.15) is 76.7 Å². The van der Waals surface area contributed by atoms with Gasteiger partial charge in [0.2, 0.25) is 0 Å². The van der Waals surface area contributed by atoms with E-state index < -0.39 is 5.97 Å². The number of ether oxygens (including phenoxy) is 2. The fraction of sp³-hybridized carbons (Fsp3) is 0.593. The van der Waals surface area contributed by atoms with Gasteiger partial charge in [0.15, 0.2) is 5.78 Å². The molecular formula is C27H38N2O4. The van der Waals surface area contributed by atoms with Crippen molar-refractivity contribution < 1.29 is 19.1 Å². The molecule has 2 unspecified atom stereocenters. The molecule has 6 nitrogen and oxygen atoms in total. The lowest BCUT2D eigenvalue weighted by molar-refractivity contribution is -0.135. The molecule has 1 fully saturated rings. The van der Waals surface area contributed by atoms with Crippen LogP contribution < -0.4 is 10.1 Å². The van der Waals surface area contributed by atoms with Crippen LogP contribution in [0.4, 0.5) is 0 Å². The number of carbonyl (C=O) groups is 2. The van der Waals surface area contributed by atoms with Gasteiger partial charge in [-0.1, -0.05) is 24.6 Å². The lowest BCUT2D eigenvalue weighted by atomic mass is 9.94. The Hall–Kier alpha value is -2.63. The maximum atomic E-state index is 12.5. The molecule has 0 saturated heterocycles. The molecule has 1 aromatic rings. The van der Waals surface area contributed by atoms with E-state index in [0.717, 1.165) is 62.8 Å². The number of allylic oxidation sites excluding steroid dienone is 1. The van der Waals surface area contributed by atoms with Crippen LogP contribution >= 0.6 is 0 Å². The zero-order valence-corrected chi connectivity index (χ0v) is 20.1. The fourth-order valence-corrected chi connectivity index (χ4v) is 4.82. The number of carbonyl (C=O) groups excluding carboxylic acids is 2. The first-order valence-electron chi connectivity index (χ1n) is 12.4. The molecule has 6 heteroatoms. The summed E-state index contributed by atoms with van der Waals surface area (Å²) < 4.78 is 11.2. The molecule has 1 aromatic carbocycles. The number of Topliss-reactive ketones (excluding diaryl/α,β-unsaturated/α-hetero) is 1. The lowest BCUT2D eigenvalue weighted by Crippen LogP contribution is -2.26. The van der Waals surface area contributed by atoms with Crippen LogP contribution in [0.25, 0.3) is 0 Å². The van der Waals surface area contributed by atoms with Gasteiger partial charge in [0, 0.05) is 17.7 Å². The van der Waals surface area contributed by atoms with Crippen LogP contribution in [0.5, 0.6) is 5.75 Å². The van der Waals surface area contributed by atoms with Crippen LogP contribution in [-0.2, 0) is 14.3 Å². The number of hydrogen-bond donors (Lipinski definition) is 2. The van der Waals surface area contributed by atoms with Crippen molar-refractivity contribution in [1.29, 1.82) is 5.41 Å². The topological polar surface area (TPSA) is 88.5 Å². The summed E-state index contributed by atoms with van der Waals surface area (Å²) in [6.45, 7) is 4.34. The van der Waals surface area contributed by atoms with Crippen molar-refractivity contribution in [3.8, 4) is 5.75 Å². The van der Waals surface area contributed by atoms with Crippen molar-refractivity contribution in [2.45, 2.75) is 84.2 Å². The second-order valence-electron chi connectivity index (χ2n) is 9.22. The minimum absolute atomic E-state index is 0.0785. The van der Waals surface area contributed by atoms with E-state index in [1.807, 2.05) is 18.2 Å². The summed E-state index contributed by atoms with van der Waals surface area (Å²) in [4.78, 5) is 24.4. The number of benzene rings is 1. The molecule has 0 radical (unpaired) electrons. The quantitative estimate of drug-likeness (QED) is 0.270. The predicted octanol–water partition coefficient (Wildman–Crippen LogP) is 5.28. The summed E-state index contributed by atoms with van der Waals surface area (Å²) in [6, 6.07) is 8.18. The Morgan fingerprint density at radius 1 is 1.09 bits per heavy atom. The van der Waals surface area contributed by atoms with E-state index in [0.29, 0.717) is 24.3 Å². The van der Waals surface area contributed by atoms with Crippen molar-refractivity contribution in [1.82, 2.24) is 5.32 Å². The van der Waals surface area contributed by atoms with Crippen LogP contribution in [0.2, 0.25) is 0 Å². The highest BCUT2D eigenvalue weighted by Gasteiger charge is 2.25. The first kappa shape index (κ1) is 25.0. The predicted molar refractivity (Wildman–Crippen MR) is 130 cm³/mol. The molecule has 180 valence electrons. The van der Waals surface area contributed by atoms with Gasteiger partial charge in [-0.15, -0.1) is 0 Å². The summed E-state index contributed by atoms with van der Waals surface area (Å²) in [7, 11) is 0. The van der Waals surface area contributed by atoms with Gasteiger partial charge in [0.1, 0.15) is 11.5 Å². The van der Waals surface area contributed by atoms with Gasteiger partial charge in [-0.25, -0.2) is 4.79 Å². The zero-order valence-electron chi connectivity index (χ0n) is 20.1. The smallest absolute Gasteiger partial charge is 0.356 e. The first-order chi connectivity index (χ1) is 16.0. The second-order valence-corrected chi connectivity index (χ2v) is 9.22.